The van der Waals surface area contributed by atoms with Crippen LogP contribution in [0.1, 0.15) is 29.1 Å². The lowest BCUT2D eigenvalue weighted by Crippen LogP contribution is -1.96. The van der Waals surface area contributed by atoms with E-state index in [-0.39, 0.29) is 5.78 Å². The zero-order valence-electron chi connectivity index (χ0n) is 6.82. The molecule has 2 nitrogen and oxygen atoms in total. The van der Waals surface area contributed by atoms with Crippen LogP contribution in [0.4, 0.5) is 0 Å². The number of Topliss-reactive ketones (excluding diaryl/α,β-unsaturated/α-hetero) is 1. The highest BCUT2D eigenvalue weighted by Crippen LogP contribution is 2.09. The average molecular weight is 181 g/mol. The molecule has 64 valence electrons. The fraction of sp³-hybridized carbons (Fsp3) is 0.333. The number of allylic oxidation sites excluding steroid dienone is 1. The van der Waals surface area contributed by atoms with Gasteiger partial charge in [0, 0.05) is 18.0 Å². The Morgan fingerprint density at radius 2 is 2.58 bits per heavy atom. The molecule has 0 bridgehead atoms. The highest BCUT2D eigenvalue weighted by Gasteiger charge is 2.06. The van der Waals surface area contributed by atoms with Crippen LogP contribution in [0.2, 0.25) is 0 Å². The van der Waals surface area contributed by atoms with Gasteiger partial charge in [0.05, 0.1) is 0 Å². The van der Waals surface area contributed by atoms with Crippen LogP contribution < -0.4 is 0 Å². The van der Waals surface area contributed by atoms with E-state index >= 15 is 0 Å². The van der Waals surface area contributed by atoms with Gasteiger partial charge in [-0.3, -0.25) is 4.79 Å². The zero-order chi connectivity index (χ0) is 8.81. The Morgan fingerprint density at radius 3 is 3.17 bits per heavy atom. The zero-order valence-corrected chi connectivity index (χ0v) is 7.64. The van der Waals surface area contributed by atoms with Gasteiger partial charge in [-0.25, -0.2) is 4.98 Å². The number of carbonyl (C=O) groups is 1. The summed E-state index contributed by atoms with van der Waals surface area (Å²) in [6.45, 7) is 3.60. The van der Waals surface area contributed by atoms with Gasteiger partial charge in [0.25, 0.3) is 0 Å². The molecular weight excluding hydrogens is 170 g/mol. The molecule has 0 aliphatic rings. The van der Waals surface area contributed by atoms with Gasteiger partial charge in [-0.05, 0) is 12.8 Å². The van der Waals surface area contributed by atoms with E-state index in [0.29, 0.717) is 11.4 Å². The molecule has 0 aliphatic heterocycles. The molecule has 1 rings (SSSR count). The first kappa shape index (κ1) is 9.13. The van der Waals surface area contributed by atoms with Gasteiger partial charge in [0.15, 0.2) is 10.8 Å². The molecule has 0 saturated carbocycles. The summed E-state index contributed by atoms with van der Waals surface area (Å²) in [5, 5.41) is 2.44. The van der Waals surface area contributed by atoms with Crippen molar-refractivity contribution < 1.29 is 4.79 Å². The number of ketones is 1. The second-order valence-electron chi connectivity index (χ2n) is 2.44. The summed E-state index contributed by atoms with van der Waals surface area (Å²) in [7, 11) is 0. The van der Waals surface area contributed by atoms with Crippen molar-refractivity contribution in [2.75, 3.05) is 0 Å². The van der Waals surface area contributed by atoms with E-state index in [9.17, 15) is 4.79 Å². The van der Waals surface area contributed by atoms with Crippen LogP contribution in [-0.2, 0) is 0 Å². The molecule has 1 heterocycles. The molecule has 12 heavy (non-hydrogen) atoms. The van der Waals surface area contributed by atoms with Gasteiger partial charge < -0.3 is 0 Å². The Balaban J connectivity index is 2.34. The van der Waals surface area contributed by atoms with Gasteiger partial charge in [-0.1, -0.05) is 6.08 Å². The molecular formula is C9H11NOS. The first-order chi connectivity index (χ1) is 5.84. The number of carbonyl (C=O) groups excluding carboxylic acids is 1. The van der Waals surface area contributed by atoms with Crippen LogP contribution in [0.15, 0.2) is 24.2 Å². The maximum Gasteiger partial charge on any atom is 0.191 e. The molecule has 3 heteroatoms. The van der Waals surface area contributed by atoms with Gasteiger partial charge in [-0.2, -0.15) is 0 Å². The minimum absolute atomic E-state index is 0.145. The van der Waals surface area contributed by atoms with E-state index in [1.165, 1.54) is 11.3 Å². The Kier molecular flexibility index (Phi) is 3.67. The monoisotopic (exact) mass is 181 g/mol. The van der Waals surface area contributed by atoms with Crippen LogP contribution in [0.3, 0.4) is 0 Å². The molecule has 1 aromatic heterocycles. The molecule has 0 spiro atoms. The number of nitrogens with zero attached hydrogens (tertiary/aromatic N) is 1. The van der Waals surface area contributed by atoms with Crippen LogP contribution >= 0.6 is 11.3 Å². The third-order valence-corrected chi connectivity index (χ3v) is 2.30. The maximum atomic E-state index is 11.3. The lowest BCUT2D eigenvalue weighted by molar-refractivity contribution is 0.0980. The topological polar surface area (TPSA) is 30.0 Å². The number of aromatic nitrogens is 1. The summed E-state index contributed by atoms with van der Waals surface area (Å²) in [5.41, 5.74) is 0. The van der Waals surface area contributed by atoms with Crippen molar-refractivity contribution in [3.63, 3.8) is 0 Å². The molecule has 0 amide bonds. The minimum Gasteiger partial charge on any atom is -0.292 e. The quantitative estimate of drug-likeness (QED) is 0.397. The number of unbranched alkanes of at least 4 members (excludes halogenated alkanes) is 1. The fourth-order valence-electron chi connectivity index (χ4n) is 0.875. The molecule has 1 aromatic rings. The van der Waals surface area contributed by atoms with Crippen LogP contribution in [0.5, 0.6) is 0 Å². The summed E-state index contributed by atoms with van der Waals surface area (Å²) in [4.78, 5) is 15.2. The average Bonchev–Trinajstić information content (AvgIpc) is 2.56. The van der Waals surface area contributed by atoms with E-state index in [0.717, 1.165) is 12.8 Å². The van der Waals surface area contributed by atoms with Crippen molar-refractivity contribution in [1.29, 1.82) is 0 Å². The molecule has 0 radical (unpaired) electrons. The smallest absolute Gasteiger partial charge is 0.191 e. The van der Waals surface area contributed by atoms with E-state index in [1.807, 2.05) is 11.5 Å². The van der Waals surface area contributed by atoms with Crippen molar-refractivity contribution in [2.45, 2.75) is 19.3 Å². The number of hydrogen-bond donors (Lipinski definition) is 0. The Bertz CT molecular complexity index is 254. The minimum atomic E-state index is 0.145. The van der Waals surface area contributed by atoms with Crippen molar-refractivity contribution in [3.8, 4) is 0 Å². The molecule has 0 N–H and O–H groups in total. The highest BCUT2D eigenvalue weighted by molar-refractivity contribution is 7.11. The van der Waals surface area contributed by atoms with Crippen molar-refractivity contribution in [1.82, 2.24) is 4.98 Å². The SMILES string of the molecule is C=CCCCC(=O)c1nccs1. The highest BCUT2D eigenvalue weighted by atomic mass is 32.1. The summed E-state index contributed by atoms with van der Waals surface area (Å²) in [5.74, 6) is 0.145. The third-order valence-electron chi connectivity index (χ3n) is 1.48. The Labute approximate surface area is 76.0 Å². The first-order valence-corrected chi connectivity index (χ1v) is 4.76. The predicted molar refractivity (Wildman–Crippen MR) is 50.5 cm³/mol. The van der Waals surface area contributed by atoms with Gasteiger partial charge in [0.1, 0.15) is 0 Å². The summed E-state index contributed by atoms with van der Waals surface area (Å²) in [6, 6.07) is 0. The van der Waals surface area contributed by atoms with Gasteiger partial charge in [-0.15, -0.1) is 17.9 Å². The normalized spacial score (nSPS) is 9.67. The largest absolute Gasteiger partial charge is 0.292 e. The third kappa shape index (κ3) is 2.58. The Morgan fingerprint density at radius 1 is 1.75 bits per heavy atom. The molecule has 0 unspecified atom stereocenters. The first-order valence-electron chi connectivity index (χ1n) is 3.88. The van der Waals surface area contributed by atoms with E-state index < -0.39 is 0 Å². The fourth-order valence-corrected chi connectivity index (χ4v) is 1.48. The number of hydrogen-bond acceptors (Lipinski definition) is 3. The van der Waals surface area contributed by atoms with Crippen LogP contribution in [0.25, 0.3) is 0 Å². The summed E-state index contributed by atoms with van der Waals surface area (Å²) < 4.78 is 0. The molecule has 0 atom stereocenters. The van der Waals surface area contributed by atoms with Crippen LogP contribution in [0, 0.1) is 0 Å². The summed E-state index contributed by atoms with van der Waals surface area (Å²) >= 11 is 1.40. The van der Waals surface area contributed by atoms with Crippen molar-refractivity contribution in [3.05, 3.63) is 29.2 Å². The standard InChI is InChI=1S/C9H11NOS/c1-2-3-4-5-8(11)9-10-6-7-12-9/h2,6-7H,1,3-5H2. The van der Waals surface area contributed by atoms with Gasteiger partial charge >= 0.3 is 0 Å². The second-order valence-corrected chi connectivity index (χ2v) is 3.34. The second kappa shape index (κ2) is 4.83. The molecule has 0 saturated heterocycles. The lowest BCUT2D eigenvalue weighted by atomic mass is 10.2. The molecule has 0 aliphatic carbocycles. The van der Waals surface area contributed by atoms with E-state index in [1.54, 1.807) is 6.20 Å². The Hall–Kier alpha value is -0.960. The van der Waals surface area contributed by atoms with E-state index in [2.05, 4.69) is 11.6 Å². The summed E-state index contributed by atoms with van der Waals surface area (Å²) in [6.07, 6.45) is 5.85. The lowest BCUT2D eigenvalue weighted by Gasteiger charge is -1.93. The number of rotatable bonds is 5. The van der Waals surface area contributed by atoms with Gasteiger partial charge in [0.2, 0.25) is 0 Å². The predicted octanol–water partition coefficient (Wildman–Crippen LogP) is 2.68. The van der Waals surface area contributed by atoms with E-state index in [4.69, 9.17) is 0 Å². The number of thiazole rings is 1. The molecule has 0 aromatic carbocycles. The van der Waals surface area contributed by atoms with Crippen molar-refractivity contribution >= 4 is 17.1 Å². The van der Waals surface area contributed by atoms with Crippen LogP contribution in [-0.4, -0.2) is 10.8 Å². The molecule has 0 fully saturated rings. The van der Waals surface area contributed by atoms with Crippen molar-refractivity contribution in [2.24, 2.45) is 0 Å². The maximum absolute atomic E-state index is 11.3.